The van der Waals surface area contributed by atoms with Crippen molar-refractivity contribution >= 4 is 0 Å². The highest BCUT2D eigenvalue weighted by molar-refractivity contribution is 5.53. The topological polar surface area (TPSA) is 42.2 Å². The Labute approximate surface area is 102 Å². The molecule has 0 bridgehead atoms. The van der Waals surface area contributed by atoms with E-state index in [1.165, 1.54) is 0 Å². The van der Waals surface area contributed by atoms with Crippen LogP contribution < -0.4 is 9.47 Å². The van der Waals surface area contributed by atoms with Crippen LogP contribution in [-0.2, 0) is 5.41 Å². The van der Waals surface area contributed by atoms with Gasteiger partial charge in [-0.05, 0) is 19.4 Å². The quantitative estimate of drug-likeness (QED) is 0.797. The number of fused-ring (bicyclic) bond motifs is 1. The van der Waals surface area contributed by atoms with Gasteiger partial charge in [0, 0.05) is 5.56 Å². The summed E-state index contributed by atoms with van der Waals surface area (Å²) in [6.07, 6.45) is 2.97. The highest BCUT2D eigenvalue weighted by Gasteiger charge is 2.32. The first-order valence-corrected chi connectivity index (χ1v) is 6.01. The van der Waals surface area contributed by atoms with E-state index in [0.29, 0.717) is 0 Å². The van der Waals surface area contributed by atoms with E-state index in [1.807, 2.05) is 25.1 Å². The zero-order valence-corrected chi connectivity index (χ0v) is 10.3. The lowest BCUT2D eigenvalue weighted by atomic mass is 9.79. The molecular formula is C14H17NO2. The Morgan fingerprint density at radius 2 is 2.24 bits per heavy atom. The van der Waals surface area contributed by atoms with E-state index in [1.54, 1.807) is 0 Å². The standard InChI is InChI=1S/C14H17NO2/c1-3-4-8-14(2,9-15)11-6-5-7-12-13(11)17-10-16-12/h5-7H,3-4,8,10H2,1-2H3. The van der Waals surface area contributed by atoms with Gasteiger partial charge in [-0.15, -0.1) is 0 Å². The Balaban J connectivity index is 2.38. The van der Waals surface area contributed by atoms with Crippen LogP contribution in [0.15, 0.2) is 18.2 Å². The molecule has 0 amide bonds. The molecule has 90 valence electrons. The number of ether oxygens (including phenoxy) is 2. The predicted molar refractivity (Wildman–Crippen MR) is 65.1 cm³/mol. The lowest BCUT2D eigenvalue weighted by Gasteiger charge is -2.23. The maximum atomic E-state index is 9.45. The largest absolute Gasteiger partial charge is 0.454 e. The summed E-state index contributed by atoms with van der Waals surface area (Å²) in [5.41, 5.74) is 0.457. The molecule has 0 saturated heterocycles. The van der Waals surface area contributed by atoms with Crippen LogP contribution in [0.1, 0.15) is 38.7 Å². The van der Waals surface area contributed by atoms with Gasteiger partial charge in [-0.1, -0.05) is 31.9 Å². The van der Waals surface area contributed by atoms with Gasteiger partial charge < -0.3 is 9.47 Å². The first-order valence-electron chi connectivity index (χ1n) is 6.01. The van der Waals surface area contributed by atoms with Crippen LogP contribution in [0.4, 0.5) is 0 Å². The summed E-state index contributed by atoms with van der Waals surface area (Å²) in [6, 6.07) is 8.19. The fraction of sp³-hybridized carbons (Fsp3) is 0.500. The number of benzene rings is 1. The molecule has 1 aliphatic rings. The van der Waals surface area contributed by atoms with E-state index in [-0.39, 0.29) is 6.79 Å². The van der Waals surface area contributed by atoms with E-state index < -0.39 is 5.41 Å². The maximum absolute atomic E-state index is 9.45. The zero-order chi connectivity index (χ0) is 12.3. The molecule has 0 N–H and O–H groups in total. The van der Waals surface area contributed by atoms with Crippen LogP contribution in [0.25, 0.3) is 0 Å². The number of unbranched alkanes of at least 4 members (excludes halogenated alkanes) is 1. The Kier molecular flexibility index (Phi) is 3.23. The van der Waals surface area contributed by atoms with Gasteiger partial charge in [-0.3, -0.25) is 0 Å². The van der Waals surface area contributed by atoms with Crippen molar-refractivity contribution in [2.75, 3.05) is 6.79 Å². The average molecular weight is 231 g/mol. The summed E-state index contributed by atoms with van der Waals surface area (Å²) in [5, 5.41) is 9.45. The average Bonchev–Trinajstić information content (AvgIpc) is 2.83. The van der Waals surface area contributed by atoms with Crippen molar-refractivity contribution in [1.82, 2.24) is 0 Å². The van der Waals surface area contributed by atoms with E-state index in [4.69, 9.17) is 9.47 Å². The first kappa shape index (κ1) is 11.8. The molecule has 1 heterocycles. The summed E-state index contributed by atoms with van der Waals surface area (Å²) in [6.45, 7) is 4.36. The van der Waals surface area contributed by atoms with Gasteiger partial charge >= 0.3 is 0 Å². The molecule has 1 aromatic rings. The molecule has 1 aliphatic heterocycles. The Morgan fingerprint density at radius 1 is 1.41 bits per heavy atom. The first-order chi connectivity index (χ1) is 8.21. The normalized spacial score (nSPS) is 16.3. The Hall–Kier alpha value is -1.69. The van der Waals surface area contributed by atoms with E-state index in [9.17, 15) is 5.26 Å². The molecule has 1 unspecified atom stereocenters. The van der Waals surface area contributed by atoms with Crippen LogP contribution in [0, 0.1) is 11.3 Å². The molecule has 0 aromatic heterocycles. The van der Waals surface area contributed by atoms with Crippen LogP contribution in [-0.4, -0.2) is 6.79 Å². The molecule has 1 aromatic carbocycles. The molecule has 0 spiro atoms. The van der Waals surface area contributed by atoms with Crippen LogP contribution in [0.3, 0.4) is 0 Å². The molecule has 2 rings (SSSR count). The summed E-state index contributed by atoms with van der Waals surface area (Å²) in [7, 11) is 0. The molecule has 0 radical (unpaired) electrons. The predicted octanol–water partition coefficient (Wildman–Crippen LogP) is 3.39. The van der Waals surface area contributed by atoms with Gasteiger partial charge in [0.1, 0.15) is 0 Å². The minimum atomic E-state index is -0.491. The number of hydrogen-bond donors (Lipinski definition) is 0. The molecule has 0 saturated carbocycles. The highest BCUT2D eigenvalue weighted by Crippen LogP contribution is 2.43. The fourth-order valence-corrected chi connectivity index (χ4v) is 2.15. The number of para-hydroxylation sites is 1. The van der Waals surface area contributed by atoms with Crippen LogP contribution in [0.2, 0.25) is 0 Å². The number of nitriles is 1. The second-order valence-electron chi connectivity index (χ2n) is 4.59. The molecule has 3 nitrogen and oxygen atoms in total. The van der Waals surface area contributed by atoms with Crippen LogP contribution in [0.5, 0.6) is 11.5 Å². The SMILES string of the molecule is CCCCC(C)(C#N)c1cccc2c1OCO2. The lowest BCUT2D eigenvalue weighted by Crippen LogP contribution is -2.20. The van der Waals surface area contributed by atoms with Crippen molar-refractivity contribution in [3.8, 4) is 17.6 Å². The van der Waals surface area contributed by atoms with E-state index >= 15 is 0 Å². The summed E-state index contributed by atoms with van der Waals surface area (Å²) in [5.74, 6) is 1.49. The van der Waals surface area contributed by atoms with Crippen LogP contribution >= 0.6 is 0 Å². The summed E-state index contributed by atoms with van der Waals surface area (Å²) in [4.78, 5) is 0. The molecule has 0 fully saturated rings. The van der Waals surface area contributed by atoms with E-state index in [0.717, 1.165) is 36.3 Å². The van der Waals surface area contributed by atoms with Gasteiger partial charge in [0.2, 0.25) is 6.79 Å². The lowest BCUT2D eigenvalue weighted by molar-refractivity contribution is 0.172. The van der Waals surface area contributed by atoms with E-state index in [2.05, 4.69) is 13.0 Å². The monoisotopic (exact) mass is 231 g/mol. The Morgan fingerprint density at radius 3 is 2.94 bits per heavy atom. The molecular weight excluding hydrogens is 214 g/mol. The highest BCUT2D eigenvalue weighted by atomic mass is 16.7. The van der Waals surface area contributed by atoms with Gasteiger partial charge in [-0.2, -0.15) is 5.26 Å². The number of nitrogens with zero attached hydrogens (tertiary/aromatic N) is 1. The second kappa shape index (κ2) is 4.67. The third-order valence-electron chi connectivity index (χ3n) is 3.27. The zero-order valence-electron chi connectivity index (χ0n) is 10.3. The molecule has 17 heavy (non-hydrogen) atoms. The van der Waals surface area contributed by atoms with Crippen molar-refractivity contribution in [3.63, 3.8) is 0 Å². The minimum Gasteiger partial charge on any atom is -0.454 e. The smallest absolute Gasteiger partial charge is 0.231 e. The molecule has 3 heteroatoms. The van der Waals surface area contributed by atoms with Crippen molar-refractivity contribution in [1.29, 1.82) is 5.26 Å². The van der Waals surface area contributed by atoms with Gasteiger partial charge in [0.05, 0.1) is 11.5 Å². The minimum absolute atomic E-state index is 0.252. The van der Waals surface area contributed by atoms with Crippen molar-refractivity contribution in [2.45, 2.75) is 38.5 Å². The van der Waals surface area contributed by atoms with Crippen molar-refractivity contribution < 1.29 is 9.47 Å². The number of rotatable bonds is 4. The van der Waals surface area contributed by atoms with Crippen molar-refractivity contribution in [2.24, 2.45) is 0 Å². The van der Waals surface area contributed by atoms with Gasteiger partial charge in [0.15, 0.2) is 11.5 Å². The molecule has 0 aliphatic carbocycles. The fourth-order valence-electron chi connectivity index (χ4n) is 2.15. The summed E-state index contributed by atoms with van der Waals surface area (Å²) < 4.78 is 10.8. The molecule has 1 atom stereocenters. The van der Waals surface area contributed by atoms with Crippen molar-refractivity contribution in [3.05, 3.63) is 23.8 Å². The maximum Gasteiger partial charge on any atom is 0.231 e. The van der Waals surface area contributed by atoms with Gasteiger partial charge in [-0.25, -0.2) is 0 Å². The number of hydrogen-bond acceptors (Lipinski definition) is 3. The van der Waals surface area contributed by atoms with Gasteiger partial charge in [0.25, 0.3) is 0 Å². The third-order valence-corrected chi connectivity index (χ3v) is 3.27. The summed E-state index contributed by atoms with van der Waals surface area (Å²) >= 11 is 0. The Bertz CT molecular complexity index is 450. The third kappa shape index (κ3) is 2.08. The second-order valence-corrected chi connectivity index (χ2v) is 4.59.